The molecular formula is C16H23ClO. The van der Waals surface area contributed by atoms with Crippen LogP contribution in [0.1, 0.15) is 57.3 Å². The van der Waals surface area contributed by atoms with Crippen LogP contribution in [0.2, 0.25) is 5.02 Å². The van der Waals surface area contributed by atoms with Gasteiger partial charge in [0, 0.05) is 16.5 Å². The predicted molar refractivity (Wildman–Crippen MR) is 78.3 cm³/mol. The first-order valence-corrected chi connectivity index (χ1v) is 7.01. The molecule has 0 radical (unpaired) electrons. The van der Waals surface area contributed by atoms with E-state index < -0.39 is 0 Å². The van der Waals surface area contributed by atoms with E-state index in [1.807, 2.05) is 12.1 Å². The summed E-state index contributed by atoms with van der Waals surface area (Å²) in [7, 11) is 0. The Bertz CT molecular complexity index is 404. The van der Waals surface area contributed by atoms with Crippen LogP contribution in [0.5, 0.6) is 0 Å². The molecule has 0 amide bonds. The lowest BCUT2D eigenvalue weighted by molar-refractivity contribution is 0.0874. The number of halogens is 1. The van der Waals surface area contributed by atoms with Crippen LogP contribution >= 0.6 is 11.6 Å². The van der Waals surface area contributed by atoms with Crippen LogP contribution in [0.15, 0.2) is 24.3 Å². The van der Waals surface area contributed by atoms with Crippen LogP contribution in [0.25, 0.3) is 0 Å². The van der Waals surface area contributed by atoms with Gasteiger partial charge in [0.05, 0.1) is 0 Å². The average molecular weight is 267 g/mol. The van der Waals surface area contributed by atoms with Crippen molar-refractivity contribution in [2.45, 2.75) is 47.0 Å². The van der Waals surface area contributed by atoms with Gasteiger partial charge in [0.1, 0.15) is 0 Å². The molecule has 1 atom stereocenters. The van der Waals surface area contributed by atoms with E-state index >= 15 is 0 Å². The van der Waals surface area contributed by atoms with Crippen molar-refractivity contribution in [1.82, 2.24) is 0 Å². The summed E-state index contributed by atoms with van der Waals surface area (Å²) in [5.74, 6) is 0.336. The molecule has 100 valence electrons. The third-order valence-electron chi connectivity index (χ3n) is 2.98. The van der Waals surface area contributed by atoms with Crippen molar-refractivity contribution in [2.75, 3.05) is 0 Å². The molecule has 0 heterocycles. The third kappa shape index (κ3) is 4.81. The normalized spacial score (nSPS) is 13.4. The Morgan fingerprint density at radius 2 is 2.00 bits per heavy atom. The van der Waals surface area contributed by atoms with Crippen LogP contribution in [0.3, 0.4) is 0 Å². The number of hydrogen-bond acceptors (Lipinski definition) is 1. The average Bonchev–Trinajstić information content (AvgIpc) is 2.26. The summed E-state index contributed by atoms with van der Waals surface area (Å²) in [6, 6.07) is 7.28. The van der Waals surface area contributed by atoms with Crippen LogP contribution < -0.4 is 0 Å². The summed E-state index contributed by atoms with van der Waals surface area (Å²) in [5.41, 5.74) is 0.916. The number of hydrogen-bond donors (Lipinski definition) is 0. The zero-order chi connectivity index (χ0) is 13.8. The van der Waals surface area contributed by atoms with Gasteiger partial charge in [-0.25, -0.2) is 0 Å². The number of ketones is 1. The summed E-state index contributed by atoms with van der Waals surface area (Å²) in [5, 5.41) is 0.631. The van der Waals surface area contributed by atoms with E-state index in [0.29, 0.717) is 5.02 Å². The molecule has 1 rings (SSSR count). The molecule has 18 heavy (non-hydrogen) atoms. The second-order valence-corrected chi connectivity index (χ2v) is 6.56. The van der Waals surface area contributed by atoms with E-state index in [1.54, 1.807) is 12.1 Å². The van der Waals surface area contributed by atoms with Crippen molar-refractivity contribution in [3.05, 3.63) is 34.9 Å². The van der Waals surface area contributed by atoms with Crippen molar-refractivity contribution in [3.8, 4) is 0 Å². The molecule has 1 unspecified atom stereocenters. The zero-order valence-corrected chi connectivity index (χ0v) is 12.6. The Hall–Kier alpha value is -0.820. The minimum absolute atomic E-state index is 0.105. The standard InChI is InChI=1S/C16H23ClO/c1-5-7-13(11-16(2,3)4)15(18)12-8-6-9-14(17)10-12/h6,8-10,13H,5,7,11H2,1-4H3. The summed E-state index contributed by atoms with van der Waals surface area (Å²) in [6.45, 7) is 8.67. The second-order valence-electron chi connectivity index (χ2n) is 6.12. The van der Waals surface area contributed by atoms with Gasteiger partial charge in [-0.15, -0.1) is 0 Å². The van der Waals surface area contributed by atoms with E-state index in [1.165, 1.54) is 0 Å². The van der Waals surface area contributed by atoms with Crippen LogP contribution in [0.4, 0.5) is 0 Å². The van der Waals surface area contributed by atoms with Crippen molar-refractivity contribution >= 4 is 17.4 Å². The molecule has 1 aromatic rings. The number of benzene rings is 1. The highest BCUT2D eigenvalue weighted by Crippen LogP contribution is 2.30. The molecule has 0 saturated heterocycles. The molecular weight excluding hydrogens is 244 g/mol. The molecule has 1 nitrogen and oxygen atoms in total. The number of rotatable bonds is 5. The molecule has 2 heteroatoms. The van der Waals surface area contributed by atoms with Crippen molar-refractivity contribution in [1.29, 1.82) is 0 Å². The molecule has 1 aromatic carbocycles. The number of Topliss-reactive ketones (excluding diaryl/α,β-unsaturated/α-hetero) is 1. The fourth-order valence-corrected chi connectivity index (χ4v) is 2.48. The fourth-order valence-electron chi connectivity index (χ4n) is 2.29. The summed E-state index contributed by atoms with van der Waals surface area (Å²) < 4.78 is 0. The highest BCUT2D eigenvalue weighted by atomic mass is 35.5. The van der Waals surface area contributed by atoms with Crippen molar-refractivity contribution < 1.29 is 4.79 Å². The van der Waals surface area contributed by atoms with E-state index in [0.717, 1.165) is 24.8 Å². The van der Waals surface area contributed by atoms with Gasteiger partial charge >= 0.3 is 0 Å². The molecule has 0 bridgehead atoms. The first-order chi connectivity index (χ1) is 8.33. The van der Waals surface area contributed by atoms with Gasteiger partial charge in [0.2, 0.25) is 0 Å². The Labute approximate surface area is 116 Å². The lowest BCUT2D eigenvalue weighted by Gasteiger charge is -2.25. The zero-order valence-electron chi connectivity index (χ0n) is 11.8. The fraction of sp³-hybridized carbons (Fsp3) is 0.562. The molecule has 0 aromatic heterocycles. The summed E-state index contributed by atoms with van der Waals surface area (Å²) in [6.07, 6.45) is 2.90. The van der Waals surface area contributed by atoms with E-state index in [4.69, 9.17) is 11.6 Å². The Kier molecular flexibility index (Phi) is 5.40. The summed E-state index contributed by atoms with van der Waals surface area (Å²) in [4.78, 5) is 12.5. The Morgan fingerprint density at radius 3 is 2.50 bits per heavy atom. The van der Waals surface area contributed by atoms with Gasteiger partial charge in [-0.05, 0) is 30.4 Å². The first-order valence-electron chi connectivity index (χ1n) is 6.63. The largest absolute Gasteiger partial charge is 0.294 e. The highest BCUT2D eigenvalue weighted by Gasteiger charge is 2.25. The maximum atomic E-state index is 12.5. The SMILES string of the molecule is CCCC(CC(C)(C)C)C(=O)c1cccc(Cl)c1. The monoisotopic (exact) mass is 266 g/mol. The van der Waals surface area contributed by atoms with Crippen molar-refractivity contribution in [2.24, 2.45) is 11.3 Å². The maximum Gasteiger partial charge on any atom is 0.166 e. The van der Waals surface area contributed by atoms with Gasteiger partial charge < -0.3 is 0 Å². The van der Waals surface area contributed by atoms with Gasteiger partial charge in [-0.2, -0.15) is 0 Å². The van der Waals surface area contributed by atoms with Crippen LogP contribution in [-0.2, 0) is 0 Å². The minimum Gasteiger partial charge on any atom is -0.294 e. The van der Waals surface area contributed by atoms with E-state index in [-0.39, 0.29) is 17.1 Å². The smallest absolute Gasteiger partial charge is 0.166 e. The molecule has 0 aliphatic carbocycles. The lowest BCUT2D eigenvalue weighted by Crippen LogP contribution is -2.21. The van der Waals surface area contributed by atoms with Crippen molar-refractivity contribution in [3.63, 3.8) is 0 Å². The molecule has 0 saturated carbocycles. The second kappa shape index (κ2) is 6.38. The quantitative estimate of drug-likeness (QED) is 0.655. The molecule has 0 aliphatic heterocycles. The Morgan fingerprint density at radius 1 is 1.33 bits per heavy atom. The van der Waals surface area contributed by atoms with Gasteiger partial charge in [0.25, 0.3) is 0 Å². The van der Waals surface area contributed by atoms with Gasteiger partial charge in [-0.3, -0.25) is 4.79 Å². The summed E-state index contributed by atoms with van der Waals surface area (Å²) >= 11 is 5.95. The van der Waals surface area contributed by atoms with Crippen LogP contribution in [0, 0.1) is 11.3 Å². The van der Waals surface area contributed by atoms with E-state index in [9.17, 15) is 4.79 Å². The van der Waals surface area contributed by atoms with Gasteiger partial charge in [-0.1, -0.05) is 57.8 Å². The third-order valence-corrected chi connectivity index (χ3v) is 3.21. The minimum atomic E-state index is 0.105. The lowest BCUT2D eigenvalue weighted by atomic mass is 9.79. The Balaban J connectivity index is 2.89. The number of carbonyl (C=O) groups excluding carboxylic acids is 1. The first kappa shape index (κ1) is 15.2. The topological polar surface area (TPSA) is 17.1 Å². The number of carbonyl (C=O) groups is 1. The predicted octanol–water partition coefficient (Wildman–Crippen LogP) is 5.38. The van der Waals surface area contributed by atoms with Gasteiger partial charge in [0.15, 0.2) is 5.78 Å². The van der Waals surface area contributed by atoms with E-state index in [2.05, 4.69) is 27.7 Å². The highest BCUT2D eigenvalue weighted by molar-refractivity contribution is 6.31. The molecule has 0 spiro atoms. The van der Waals surface area contributed by atoms with Crippen LogP contribution in [-0.4, -0.2) is 5.78 Å². The molecule has 0 fully saturated rings. The maximum absolute atomic E-state index is 12.5. The molecule has 0 N–H and O–H groups in total. The molecule has 0 aliphatic rings.